The Morgan fingerprint density at radius 2 is 1.96 bits per heavy atom. The van der Waals surface area contributed by atoms with Crippen LogP contribution in [0.1, 0.15) is 20.0 Å². The Balaban J connectivity index is 2.10. The Kier molecular flexibility index (Phi) is 6.31. The number of rotatable bonds is 7. The third-order valence-corrected chi connectivity index (χ3v) is 6.09. The lowest BCUT2D eigenvalue weighted by atomic mass is 10.2. The van der Waals surface area contributed by atoms with Crippen LogP contribution in [0.5, 0.6) is 0 Å². The molecule has 134 valence electrons. The number of hydrogen-bond acceptors (Lipinski definition) is 7. The maximum atomic E-state index is 12.2. The van der Waals surface area contributed by atoms with E-state index in [4.69, 9.17) is 16.3 Å². The van der Waals surface area contributed by atoms with Crippen LogP contribution in [0.3, 0.4) is 0 Å². The fourth-order valence-electron chi connectivity index (χ4n) is 1.78. The molecule has 0 bridgehead atoms. The van der Waals surface area contributed by atoms with Gasteiger partial charge in [-0.2, -0.15) is 0 Å². The normalized spacial score (nSPS) is 11.5. The molecule has 0 aliphatic rings. The van der Waals surface area contributed by atoms with Crippen LogP contribution < -0.4 is 0 Å². The van der Waals surface area contributed by atoms with Crippen LogP contribution in [0.25, 0.3) is 0 Å². The molecule has 0 radical (unpaired) electrons. The first-order chi connectivity index (χ1) is 11.8. The van der Waals surface area contributed by atoms with Crippen molar-refractivity contribution < 1.29 is 27.6 Å². The highest BCUT2D eigenvalue weighted by Gasteiger charge is 2.22. The molecule has 0 saturated carbocycles. The molecule has 0 N–H and O–H groups in total. The summed E-state index contributed by atoms with van der Waals surface area (Å²) in [6.45, 7) is -0.468. The Hall–Kier alpha value is -1.78. The Bertz CT molecular complexity index is 893. The number of carbonyl (C=O) groups excluding carboxylic acids is 2. The molecular formula is C15H14ClNO6S2. The number of hydrogen-bond donors (Lipinski definition) is 0. The summed E-state index contributed by atoms with van der Waals surface area (Å²) in [5.41, 5.74) is 0.00240. The van der Waals surface area contributed by atoms with Crippen molar-refractivity contribution >= 4 is 44.7 Å². The number of carbonyl (C=O) groups is 2. The van der Waals surface area contributed by atoms with Gasteiger partial charge in [-0.25, -0.2) is 13.2 Å². The van der Waals surface area contributed by atoms with E-state index in [0.717, 1.165) is 17.4 Å². The fraction of sp³-hybridized carbons (Fsp3) is 0.200. The molecule has 25 heavy (non-hydrogen) atoms. The van der Waals surface area contributed by atoms with Gasteiger partial charge in [-0.15, -0.1) is 11.3 Å². The number of benzene rings is 1. The van der Waals surface area contributed by atoms with Crippen LogP contribution in [0.2, 0.25) is 4.34 Å². The van der Waals surface area contributed by atoms with E-state index in [1.165, 1.54) is 38.4 Å². The minimum absolute atomic E-state index is 0.00240. The first kappa shape index (κ1) is 19.5. The summed E-state index contributed by atoms with van der Waals surface area (Å²) in [6.07, 6.45) is 0. The van der Waals surface area contributed by atoms with E-state index in [1.807, 2.05) is 0 Å². The van der Waals surface area contributed by atoms with Gasteiger partial charge < -0.3 is 4.74 Å². The van der Waals surface area contributed by atoms with E-state index in [-0.39, 0.29) is 10.5 Å². The molecule has 10 heteroatoms. The van der Waals surface area contributed by atoms with Crippen LogP contribution in [-0.2, 0) is 19.6 Å². The van der Waals surface area contributed by atoms with Crippen molar-refractivity contribution in [1.82, 2.24) is 4.47 Å². The molecule has 0 fully saturated rings. The predicted molar refractivity (Wildman–Crippen MR) is 92.3 cm³/mol. The minimum atomic E-state index is -3.89. The third-order valence-electron chi connectivity index (χ3n) is 3.15. The highest BCUT2D eigenvalue weighted by atomic mass is 35.5. The molecule has 1 aromatic carbocycles. The van der Waals surface area contributed by atoms with Gasteiger partial charge in [-0.05, 0) is 30.3 Å². The van der Waals surface area contributed by atoms with Gasteiger partial charge in [0, 0.05) is 7.05 Å². The zero-order valence-electron chi connectivity index (χ0n) is 13.3. The summed E-state index contributed by atoms with van der Waals surface area (Å²) in [7, 11) is -1.46. The maximum Gasteiger partial charge on any atom is 0.338 e. The standard InChI is InChI=1S/C15H14ClNO6S2/c1-17(22-2)25(20,21)11-5-3-4-10(8-11)15(19)23-9-12(18)13-6-7-14(16)24-13/h3-8H,9H2,1-2H3. The molecule has 0 aliphatic carbocycles. The first-order valence-electron chi connectivity index (χ1n) is 6.84. The Morgan fingerprint density at radius 1 is 1.24 bits per heavy atom. The summed E-state index contributed by atoms with van der Waals surface area (Å²) in [5.74, 6) is -1.21. The topological polar surface area (TPSA) is 90.0 Å². The lowest BCUT2D eigenvalue weighted by molar-refractivity contribution is -0.0258. The molecule has 1 aromatic heterocycles. The minimum Gasteiger partial charge on any atom is -0.454 e. The van der Waals surface area contributed by atoms with Crippen molar-refractivity contribution in [2.45, 2.75) is 4.90 Å². The van der Waals surface area contributed by atoms with Crippen molar-refractivity contribution in [2.75, 3.05) is 20.8 Å². The Labute approximate surface area is 153 Å². The van der Waals surface area contributed by atoms with Crippen molar-refractivity contribution in [3.05, 3.63) is 51.2 Å². The van der Waals surface area contributed by atoms with Crippen LogP contribution in [-0.4, -0.2) is 45.4 Å². The summed E-state index contributed by atoms with van der Waals surface area (Å²) in [4.78, 5) is 28.9. The highest BCUT2D eigenvalue weighted by molar-refractivity contribution is 7.89. The second kappa shape index (κ2) is 8.07. The summed E-state index contributed by atoms with van der Waals surface area (Å²) < 4.78 is 30.4. The van der Waals surface area contributed by atoms with E-state index in [1.54, 1.807) is 6.07 Å². The SMILES string of the molecule is CON(C)S(=O)(=O)c1cccc(C(=O)OCC(=O)c2ccc(Cl)s2)c1. The van der Waals surface area contributed by atoms with Gasteiger partial charge in [0.25, 0.3) is 10.0 Å². The van der Waals surface area contributed by atoms with Gasteiger partial charge in [0.05, 0.1) is 26.8 Å². The van der Waals surface area contributed by atoms with E-state index in [0.29, 0.717) is 13.7 Å². The van der Waals surface area contributed by atoms with E-state index >= 15 is 0 Å². The van der Waals surface area contributed by atoms with Gasteiger partial charge in [0.2, 0.25) is 5.78 Å². The summed E-state index contributed by atoms with van der Waals surface area (Å²) >= 11 is 6.83. The van der Waals surface area contributed by atoms with Crippen molar-refractivity contribution in [3.63, 3.8) is 0 Å². The molecule has 7 nitrogen and oxygen atoms in total. The zero-order valence-corrected chi connectivity index (χ0v) is 15.7. The molecular weight excluding hydrogens is 390 g/mol. The molecule has 2 rings (SSSR count). The molecule has 0 spiro atoms. The van der Waals surface area contributed by atoms with Crippen LogP contribution in [0.4, 0.5) is 0 Å². The number of hydroxylamine groups is 1. The number of sulfonamides is 1. The van der Waals surface area contributed by atoms with Gasteiger partial charge in [-0.1, -0.05) is 22.1 Å². The Morgan fingerprint density at radius 3 is 2.56 bits per heavy atom. The quantitative estimate of drug-likeness (QED) is 0.401. The van der Waals surface area contributed by atoms with Crippen molar-refractivity contribution in [3.8, 4) is 0 Å². The number of ether oxygens (including phenoxy) is 1. The number of ketones is 1. The number of thiophene rings is 1. The fourth-order valence-corrected chi connectivity index (χ4v) is 3.77. The largest absolute Gasteiger partial charge is 0.454 e. The van der Waals surface area contributed by atoms with Crippen molar-refractivity contribution in [1.29, 1.82) is 0 Å². The number of Topliss-reactive ketones (excluding diaryl/α,β-unsaturated/α-hetero) is 1. The first-order valence-corrected chi connectivity index (χ1v) is 9.48. The number of halogens is 1. The average molecular weight is 404 g/mol. The van der Waals surface area contributed by atoms with Crippen LogP contribution in [0.15, 0.2) is 41.3 Å². The third kappa shape index (κ3) is 4.65. The zero-order chi connectivity index (χ0) is 18.6. The van der Waals surface area contributed by atoms with E-state index in [9.17, 15) is 18.0 Å². The van der Waals surface area contributed by atoms with Crippen molar-refractivity contribution in [2.24, 2.45) is 0 Å². The molecule has 0 aliphatic heterocycles. The van der Waals surface area contributed by atoms with Gasteiger partial charge >= 0.3 is 5.97 Å². The number of nitrogens with zero attached hydrogens (tertiary/aromatic N) is 1. The molecule has 2 aromatic rings. The van der Waals surface area contributed by atoms with E-state index in [2.05, 4.69) is 4.84 Å². The second-order valence-corrected chi connectivity index (χ2v) is 8.38. The monoisotopic (exact) mass is 403 g/mol. The second-order valence-electron chi connectivity index (χ2n) is 4.73. The van der Waals surface area contributed by atoms with Gasteiger partial charge in [-0.3, -0.25) is 9.63 Å². The molecule has 1 heterocycles. The summed E-state index contributed by atoms with van der Waals surface area (Å²) in [6, 6.07) is 8.37. The average Bonchev–Trinajstić information content (AvgIpc) is 3.05. The number of esters is 1. The lowest BCUT2D eigenvalue weighted by Gasteiger charge is -2.14. The maximum absolute atomic E-state index is 12.2. The van der Waals surface area contributed by atoms with Crippen LogP contribution >= 0.6 is 22.9 Å². The predicted octanol–water partition coefficient (Wildman–Crippen LogP) is 2.62. The molecule has 0 saturated heterocycles. The highest BCUT2D eigenvalue weighted by Crippen LogP contribution is 2.22. The molecule has 0 amide bonds. The smallest absolute Gasteiger partial charge is 0.338 e. The molecule has 0 unspecified atom stereocenters. The van der Waals surface area contributed by atoms with E-state index < -0.39 is 28.4 Å². The summed E-state index contributed by atoms with van der Waals surface area (Å²) in [5, 5.41) is 0. The van der Waals surface area contributed by atoms with Gasteiger partial charge in [0.1, 0.15) is 0 Å². The molecule has 0 atom stereocenters. The van der Waals surface area contributed by atoms with Gasteiger partial charge in [0.15, 0.2) is 6.61 Å². The van der Waals surface area contributed by atoms with Crippen LogP contribution in [0, 0.1) is 0 Å². The lowest BCUT2D eigenvalue weighted by Crippen LogP contribution is -2.26.